The van der Waals surface area contributed by atoms with Crippen molar-refractivity contribution in [1.29, 1.82) is 0 Å². The number of hydrogen-bond acceptors (Lipinski definition) is 2. The highest BCUT2D eigenvalue weighted by molar-refractivity contribution is 5.74. The molecule has 2 N–H and O–H groups in total. The highest BCUT2D eigenvalue weighted by Gasteiger charge is 2.54. The van der Waals surface area contributed by atoms with Gasteiger partial charge in [0.15, 0.2) is 5.60 Å². The molecule has 0 radical (unpaired) electrons. The summed E-state index contributed by atoms with van der Waals surface area (Å²) in [5.41, 5.74) is -2.64. The Balaban J connectivity index is 2.54. The van der Waals surface area contributed by atoms with Gasteiger partial charge in [0.2, 0.25) is 0 Å². The molecule has 94 valence electrons. The van der Waals surface area contributed by atoms with Gasteiger partial charge in [-0.15, -0.1) is 0 Å². The zero-order valence-electron chi connectivity index (χ0n) is 8.97. The second-order valence-electron chi connectivity index (χ2n) is 3.85. The molecule has 1 aliphatic rings. The number of aliphatic hydroxyl groups is 1. The van der Waals surface area contributed by atoms with Crippen LogP contribution >= 0.6 is 0 Å². The molecular weight excluding hydrogens is 225 g/mol. The van der Waals surface area contributed by atoms with Gasteiger partial charge in [-0.3, -0.25) is 0 Å². The zero-order valence-corrected chi connectivity index (χ0v) is 8.97. The third-order valence-corrected chi connectivity index (χ3v) is 2.73. The molecule has 16 heavy (non-hydrogen) atoms. The fraction of sp³-hybridized carbons (Fsp3) is 0.889. The number of hydrogen-bond donors (Lipinski definition) is 2. The number of urea groups is 1. The maximum Gasteiger partial charge on any atom is 0.417 e. The number of amides is 2. The molecule has 1 aliphatic heterocycles. The third kappa shape index (κ3) is 2.58. The Labute approximate surface area is 91.4 Å². The van der Waals surface area contributed by atoms with Crippen LogP contribution in [0.4, 0.5) is 18.0 Å². The van der Waals surface area contributed by atoms with Crippen LogP contribution in [0, 0.1) is 0 Å². The van der Waals surface area contributed by atoms with Crippen molar-refractivity contribution in [3.05, 3.63) is 0 Å². The van der Waals surface area contributed by atoms with E-state index in [0.717, 1.165) is 0 Å². The van der Waals surface area contributed by atoms with Crippen LogP contribution in [0.5, 0.6) is 0 Å². The minimum Gasteiger partial charge on any atom is -0.380 e. The summed E-state index contributed by atoms with van der Waals surface area (Å²) in [6.45, 7) is 2.00. The molecule has 0 spiro atoms. The smallest absolute Gasteiger partial charge is 0.380 e. The van der Waals surface area contributed by atoms with Crippen molar-refractivity contribution in [2.45, 2.75) is 31.5 Å². The van der Waals surface area contributed by atoms with Crippen LogP contribution in [0.2, 0.25) is 0 Å². The quantitative estimate of drug-likeness (QED) is 0.721. The molecule has 0 saturated carbocycles. The van der Waals surface area contributed by atoms with Gasteiger partial charge in [0.05, 0.1) is 0 Å². The fourth-order valence-corrected chi connectivity index (χ4v) is 1.63. The maximum absolute atomic E-state index is 12.4. The molecule has 0 unspecified atom stereocenters. The predicted octanol–water partition coefficient (Wildman–Crippen LogP) is 1.11. The van der Waals surface area contributed by atoms with Crippen LogP contribution in [0.15, 0.2) is 0 Å². The van der Waals surface area contributed by atoms with Crippen LogP contribution < -0.4 is 5.32 Å². The number of nitrogens with one attached hydrogen (secondary N) is 1. The lowest BCUT2D eigenvalue weighted by Crippen LogP contribution is -2.55. The SMILES string of the molecule is CCNC(=O)N1CCC(O)(C(F)(F)F)CC1. The summed E-state index contributed by atoms with van der Waals surface area (Å²) in [5.74, 6) is 0. The molecule has 0 aliphatic carbocycles. The lowest BCUT2D eigenvalue weighted by atomic mass is 9.91. The molecule has 0 atom stereocenters. The first-order valence-corrected chi connectivity index (χ1v) is 5.12. The second-order valence-corrected chi connectivity index (χ2v) is 3.85. The molecule has 1 rings (SSSR count). The number of piperidine rings is 1. The van der Waals surface area contributed by atoms with Gasteiger partial charge in [-0.25, -0.2) is 4.79 Å². The van der Waals surface area contributed by atoms with E-state index in [1.807, 2.05) is 0 Å². The van der Waals surface area contributed by atoms with E-state index in [-0.39, 0.29) is 19.1 Å². The van der Waals surface area contributed by atoms with E-state index in [1.54, 1.807) is 6.92 Å². The molecule has 1 heterocycles. The summed E-state index contributed by atoms with van der Waals surface area (Å²) >= 11 is 0. The summed E-state index contributed by atoms with van der Waals surface area (Å²) in [6.07, 6.45) is -5.55. The van der Waals surface area contributed by atoms with E-state index < -0.39 is 24.6 Å². The Morgan fingerprint density at radius 1 is 1.44 bits per heavy atom. The average Bonchev–Trinajstić information content (AvgIpc) is 2.17. The maximum atomic E-state index is 12.4. The third-order valence-electron chi connectivity index (χ3n) is 2.73. The van der Waals surface area contributed by atoms with Crippen LogP contribution in [0.25, 0.3) is 0 Å². The highest BCUT2D eigenvalue weighted by atomic mass is 19.4. The van der Waals surface area contributed by atoms with Crippen molar-refractivity contribution in [3.63, 3.8) is 0 Å². The van der Waals surface area contributed by atoms with Crippen molar-refractivity contribution in [2.75, 3.05) is 19.6 Å². The topological polar surface area (TPSA) is 52.6 Å². The molecule has 2 amide bonds. The number of rotatable bonds is 1. The summed E-state index contributed by atoms with van der Waals surface area (Å²) in [7, 11) is 0. The van der Waals surface area contributed by atoms with Crippen LogP contribution in [0.1, 0.15) is 19.8 Å². The van der Waals surface area contributed by atoms with Crippen molar-refractivity contribution >= 4 is 6.03 Å². The van der Waals surface area contributed by atoms with Crippen LogP contribution in [-0.4, -0.2) is 47.4 Å². The van der Waals surface area contributed by atoms with Crippen LogP contribution in [0.3, 0.4) is 0 Å². The highest BCUT2D eigenvalue weighted by Crippen LogP contribution is 2.38. The minimum atomic E-state index is -4.62. The number of likely N-dealkylation sites (tertiary alicyclic amines) is 1. The average molecular weight is 240 g/mol. The number of alkyl halides is 3. The summed E-state index contributed by atoms with van der Waals surface area (Å²) < 4.78 is 37.3. The Morgan fingerprint density at radius 3 is 2.31 bits per heavy atom. The van der Waals surface area contributed by atoms with E-state index in [1.165, 1.54) is 4.90 Å². The molecule has 0 aromatic rings. The summed E-state index contributed by atoms with van der Waals surface area (Å²) in [5, 5.41) is 11.9. The number of halogens is 3. The normalized spacial score (nSPS) is 20.7. The molecular formula is C9H15F3N2O2. The number of nitrogens with zero attached hydrogens (tertiary/aromatic N) is 1. The van der Waals surface area contributed by atoms with Gasteiger partial charge in [-0.1, -0.05) is 0 Å². The van der Waals surface area contributed by atoms with Crippen molar-refractivity contribution in [1.82, 2.24) is 10.2 Å². The van der Waals surface area contributed by atoms with Gasteiger partial charge in [0.1, 0.15) is 0 Å². The summed E-state index contributed by atoms with van der Waals surface area (Å²) in [6, 6.07) is -0.383. The lowest BCUT2D eigenvalue weighted by molar-refractivity contribution is -0.271. The first-order chi connectivity index (χ1) is 7.30. The second kappa shape index (κ2) is 4.48. The van der Waals surface area contributed by atoms with E-state index in [2.05, 4.69) is 5.32 Å². The Kier molecular flexibility index (Phi) is 3.67. The largest absolute Gasteiger partial charge is 0.417 e. The fourth-order valence-electron chi connectivity index (χ4n) is 1.63. The van der Waals surface area contributed by atoms with Gasteiger partial charge >= 0.3 is 12.2 Å². The minimum absolute atomic E-state index is 0.0815. The van der Waals surface area contributed by atoms with Gasteiger partial charge in [-0.2, -0.15) is 13.2 Å². The molecule has 1 fully saturated rings. The zero-order chi connectivity index (χ0) is 12.4. The Morgan fingerprint density at radius 2 is 1.94 bits per heavy atom. The molecule has 1 saturated heterocycles. The van der Waals surface area contributed by atoms with E-state index >= 15 is 0 Å². The van der Waals surface area contributed by atoms with Gasteiger partial charge < -0.3 is 15.3 Å². The lowest BCUT2D eigenvalue weighted by Gasteiger charge is -2.38. The number of carbonyl (C=O) groups is 1. The first-order valence-electron chi connectivity index (χ1n) is 5.12. The molecule has 4 nitrogen and oxygen atoms in total. The van der Waals surface area contributed by atoms with Crippen molar-refractivity contribution < 1.29 is 23.1 Å². The van der Waals surface area contributed by atoms with E-state index in [0.29, 0.717) is 6.54 Å². The summed E-state index contributed by atoms with van der Waals surface area (Å²) in [4.78, 5) is 12.6. The van der Waals surface area contributed by atoms with Crippen molar-refractivity contribution in [2.24, 2.45) is 0 Å². The predicted molar refractivity (Wildman–Crippen MR) is 50.9 cm³/mol. The number of carbonyl (C=O) groups excluding carboxylic acids is 1. The van der Waals surface area contributed by atoms with Gasteiger partial charge in [-0.05, 0) is 6.92 Å². The van der Waals surface area contributed by atoms with Crippen LogP contribution in [-0.2, 0) is 0 Å². The molecule has 7 heteroatoms. The monoisotopic (exact) mass is 240 g/mol. The standard InChI is InChI=1S/C9H15F3N2O2/c1-2-13-7(15)14-5-3-8(16,4-6-14)9(10,11)12/h16H,2-6H2,1H3,(H,13,15). The van der Waals surface area contributed by atoms with Crippen molar-refractivity contribution in [3.8, 4) is 0 Å². The first kappa shape index (κ1) is 13.1. The molecule has 0 aromatic carbocycles. The Bertz CT molecular complexity index is 260. The molecule has 0 bridgehead atoms. The van der Waals surface area contributed by atoms with E-state index in [4.69, 9.17) is 0 Å². The van der Waals surface area contributed by atoms with E-state index in [9.17, 15) is 23.1 Å². The van der Waals surface area contributed by atoms with Gasteiger partial charge in [0, 0.05) is 32.5 Å². The van der Waals surface area contributed by atoms with Gasteiger partial charge in [0.25, 0.3) is 0 Å². The Hall–Kier alpha value is -0.980. The molecule has 0 aromatic heterocycles.